The maximum Gasteiger partial charge on any atom is 0.160 e. The molecule has 1 rings (SSSR count). The second-order valence-corrected chi connectivity index (χ2v) is 2.71. The lowest BCUT2D eigenvalue weighted by atomic mass is 10.0. The molecular formula is C10H11FO. The molecule has 0 atom stereocenters. The van der Waals surface area contributed by atoms with Crippen molar-refractivity contribution in [2.45, 2.75) is 20.3 Å². The number of carbonyl (C=O) groups is 1. The van der Waals surface area contributed by atoms with E-state index >= 15 is 0 Å². The molecule has 0 aromatic heterocycles. The van der Waals surface area contributed by atoms with E-state index in [4.69, 9.17) is 0 Å². The maximum absolute atomic E-state index is 12.7. The number of aryl methyl sites for hydroxylation is 1. The van der Waals surface area contributed by atoms with Gasteiger partial charge in [-0.3, -0.25) is 4.79 Å². The van der Waals surface area contributed by atoms with Crippen molar-refractivity contribution in [3.05, 3.63) is 35.1 Å². The molecule has 0 N–H and O–H groups in total. The molecule has 1 aromatic carbocycles. The third-order valence-electron chi connectivity index (χ3n) is 1.83. The highest BCUT2D eigenvalue weighted by atomic mass is 19.1. The Morgan fingerprint density at radius 1 is 1.50 bits per heavy atom. The van der Waals surface area contributed by atoms with E-state index in [0.29, 0.717) is 12.0 Å². The summed E-state index contributed by atoms with van der Waals surface area (Å²) in [5.41, 5.74) is 1.40. The van der Waals surface area contributed by atoms with Gasteiger partial charge in [0.05, 0.1) is 0 Å². The quantitative estimate of drug-likeness (QED) is 0.617. The van der Waals surface area contributed by atoms with Crippen LogP contribution in [0.1, 0.15) is 29.8 Å². The maximum atomic E-state index is 12.7. The average Bonchev–Trinajstić information content (AvgIpc) is 2.03. The van der Waals surface area contributed by atoms with Crippen LogP contribution in [0.15, 0.2) is 18.2 Å². The molecule has 12 heavy (non-hydrogen) atoms. The lowest BCUT2D eigenvalue weighted by Crippen LogP contribution is -1.98. The van der Waals surface area contributed by atoms with E-state index in [1.807, 2.05) is 6.92 Å². The fourth-order valence-electron chi connectivity index (χ4n) is 1.20. The van der Waals surface area contributed by atoms with Crippen LogP contribution in [0, 0.1) is 5.82 Å². The Hall–Kier alpha value is -1.18. The largest absolute Gasteiger partial charge is 0.295 e. The van der Waals surface area contributed by atoms with Gasteiger partial charge in [-0.05, 0) is 37.1 Å². The van der Waals surface area contributed by atoms with Crippen LogP contribution < -0.4 is 0 Å². The highest BCUT2D eigenvalue weighted by Crippen LogP contribution is 2.12. The summed E-state index contributed by atoms with van der Waals surface area (Å²) in [5.74, 6) is -0.288. The van der Waals surface area contributed by atoms with Gasteiger partial charge in [-0.2, -0.15) is 0 Å². The van der Waals surface area contributed by atoms with Crippen molar-refractivity contribution in [1.82, 2.24) is 0 Å². The van der Waals surface area contributed by atoms with E-state index in [1.165, 1.54) is 25.1 Å². The topological polar surface area (TPSA) is 17.1 Å². The number of Topliss-reactive ketones (excluding diaryl/α,β-unsaturated/α-hetero) is 1. The van der Waals surface area contributed by atoms with Gasteiger partial charge in [0.1, 0.15) is 5.82 Å². The number of hydrogen-bond donors (Lipinski definition) is 0. The van der Waals surface area contributed by atoms with Crippen molar-refractivity contribution in [3.63, 3.8) is 0 Å². The smallest absolute Gasteiger partial charge is 0.160 e. The molecule has 0 aliphatic carbocycles. The molecule has 1 aromatic rings. The summed E-state index contributed by atoms with van der Waals surface area (Å²) < 4.78 is 12.7. The molecule has 64 valence electrons. The van der Waals surface area contributed by atoms with Crippen LogP contribution in [0.5, 0.6) is 0 Å². The summed E-state index contributed by atoms with van der Waals surface area (Å²) in [6.07, 6.45) is 0.687. The monoisotopic (exact) mass is 166 g/mol. The molecule has 0 spiro atoms. The summed E-state index contributed by atoms with van der Waals surface area (Å²) >= 11 is 0. The number of rotatable bonds is 2. The van der Waals surface area contributed by atoms with Gasteiger partial charge in [0.2, 0.25) is 0 Å². The fraction of sp³-hybridized carbons (Fsp3) is 0.300. The zero-order valence-corrected chi connectivity index (χ0v) is 7.23. The van der Waals surface area contributed by atoms with E-state index in [0.717, 1.165) is 5.56 Å². The minimum atomic E-state index is -0.281. The Morgan fingerprint density at radius 3 is 2.67 bits per heavy atom. The molecule has 0 heterocycles. The minimum Gasteiger partial charge on any atom is -0.295 e. The van der Waals surface area contributed by atoms with Crippen LogP contribution in [0.2, 0.25) is 0 Å². The van der Waals surface area contributed by atoms with Crippen LogP contribution in [0.3, 0.4) is 0 Å². The number of carbonyl (C=O) groups excluding carboxylic acids is 1. The first-order valence-corrected chi connectivity index (χ1v) is 3.94. The number of halogens is 1. The second-order valence-electron chi connectivity index (χ2n) is 2.71. The van der Waals surface area contributed by atoms with E-state index in [1.54, 1.807) is 0 Å². The molecule has 1 nitrogen and oxygen atoms in total. The molecule has 0 saturated heterocycles. The lowest BCUT2D eigenvalue weighted by Gasteiger charge is -2.03. The van der Waals surface area contributed by atoms with Crippen molar-refractivity contribution in [3.8, 4) is 0 Å². The third-order valence-corrected chi connectivity index (χ3v) is 1.83. The van der Waals surface area contributed by atoms with Crippen molar-refractivity contribution in [2.75, 3.05) is 0 Å². The van der Waals surface area contributed by atoms with Gasteiger partial charge in [-0.25, -0.2) is 4.39 Å². The summed E-state index contributed by atoms with van der Waals surface area (Å²) in [5, 5.41) is 0. The predicted molar refractivity (Wildman–Crippen MR) is 45.8 cm³/mol. The summed E-state index contributed by atoms with van der Waals surface area (Å²) in [6, 6.07) is 4.27. The summed E-state index contributed by atoms with van der Waals surface area (Å²) in [6.45, 7) is 3.40. The number of benzene rings is 1. The Kier molecular flexibility index (Phi) is 2.58. The third kappa shape index (κ3) is 1.70. The van der Waals surface area contributed by atoms with E-state index < -0.39 is 0 Å². The Bertz CT molecular complexity index is 305. The van der Waals surface area contributed by atoms with Gasteiger partial charge in [0, 0.05) is 5.56 Å². The van der Waals surface area contributed by atoms with Crippen molar-refractivity contribution >= 4 is 5.78 Å². The van der Waals surface area contributed by atoms with Gasteiger partial charge in [0.15, 0.2) is 5.78 Å². The zero-order valence-electron chi connectivity index (χ0n) is 7.23. The van der Waals surface area contributed by atoms with Crippen LogP contribution in [-0.2, 0) is 6.42 Å². The highest BCUT2D eigenvalue weighted by Gasteiger charge is 2.05. The highest BCUT2D eigenvalue weighted by molar-refractivity contribution is 5.95. The van der Waals surface area contributed by atoms with Crippen LogP contribution in [-0.4, -0.2) is 5.78 Å². The predicted octanol–water partition coefficient (Wildman–Crippen LogP) is 2.59. The van der Waals surface area contributed by atoms with Gasteiger partial charge in [0.25, 0.3) is 0 Å². The average molecular weight is 166 g/mol. The molecule has 0 fully saturated rings. The molecule has 0 bridgehead atoms. The molecule has 0 radical (unpaired) electrons. The zero-order chi connectivity index (χ0) is 9.14. The van der Waals surface area contributed by atoms with Gasteiger partial charge in [-0.1, -0.05) is 6.92 Å². The van der Waals surface area contributed by atoms with Crippen molar-refractivity contribution in [2.24, 2.45) is 0 Å². The summed E-state index contributed by atoms with van der Waals surface area (Å²) in [4.78, 5) is 11.0. The van der Waals surface area contributed by atoms with Gasteiger partial charge in [-0.15, -0.1) is 0 Å². The molecular weight excluding hydrogens is 155 g/mol. The van der Waals surface area contributed by atoms with E-state index in [9.17, 15) is 9.18 Å². The van der Waals surface area contributed by atoms with Crippen LogP contribution in [0.25, 0.3) is 0 Å². The van der Waals surface area contributed by atoms with E-state index in [2.05, 4.69) is 0 Å². The Morgan fingerprint density at radius 2 is 2.17 bits per heavy atom. The normalized spacial score (nSPS) is 9.92. The molecule has 0 aliphatic heterocycles. The molecule has 2 heteroatoms. The minimum absolute atomic E-state index is 0.00755. The van der Waals surface area contributed by atoms with Gasteiger partial charge >= 0.3 is 0 Å². The molecule has 0 aliphatic rings. The molecule has 0 unspecified atom stereocenters. The fourth-order valence-corrected chi connectivity index (χ4v) is 1.20. The first-order valence-electron chi connectivity index (χ1n) is 3.94. The van der Waals surface area contributed by atoms with Crippen molar-refractivity contribution < 1.29 is 9.18 Å². The standard InChI is InChI=1S/C10H11FO/c1-3-8-6-9(11)4-5-10(8)7(2)12/h4-6H,3H2,1-2H3. The van der Waals surface area contributed by atoms with Gasteiger partial charge < -0.3 is 0 Å². The Balaban J connectivity index is 3.20. The van der Waals surface area contributed by atoms with Crippen LogP contribution in [0.4, 0.5) is 4.39 Å². The Labute approximate surface area is 71.2 Å². The van der Waals surface area contributed by atoms with E-state index in [-0.39, 0.29) is 11.6 Å². The molecule has 0 amide bonds. The first-order chi connectivity index (χ1) is 5.65. The van der Waals surface area contributed by atoms with Crippen molar-refractivity contribution in [1.29, 1.82) is 0 Å². The number of hydrogen-bond acceptors (Lipinski definition) is 1. The second kappa shape index (κ2) is 3.48. The van der Waals surface area contributed by atoms with Crippen LogP contribution >= 0.6 is 0 Å². The molecule has 0 saturated carbocycles. The first kappa shape index (κ1) is 8.91. The number of ketones is 1. The lowest BCUT2D eigenvalue weighted by molar-refractivity contribution is 0.101. The SMILES string of the molecule is CCc1cc(F)ccc1C(C)=O. The summed E-state index contributed by atoms with van der Waals surface area (Å²) in [7, 11) is 0.